The maximum Gasteiger partial charge on any atom is 0.252 e. The quantitative estimate of drug-likeness (QED) is 0.881. The highest BCUT2D eigenvalue weighted by molar-refractivity contribution is 9.10. The fourth-order valence-electron chi connectivity index (χ4n) is 1.78. The highest BCUT2D eigenvalue weighted by Crippen LogP contribution is 2.23. The Bertz CT molecular complexity index is 610. The van der Waals surface area contributed by atoms with Crippen LogP contribution in [-0.4, -0.2) is 13.0 Å². The maximum atomic E-state index is 12.2. The van der Waals surface area contributed by atoms with Crippen molar-refractivity contribution < 1.29 is 9.53 Å². The molecule has 20 heavy (non-hydrogen) atoms. The molecule has 0 fully saturated rings. The van der Waals surface area contributed by atoms with Crippen LogP contribution in [0.15, 0.2) is 34.8 Å². The van der Waals surface area contributed by atoms with Crippen LogP contribution in [0.3, 0.4) is 0 Å². The molecule has 0 unspecified atom stereocenters. The first-order valence-corrected chi connectivity index (χ1v) is 7.94. The lowest BCUT2D eigenvalue weighted by molar-refractivity contribution is 0.0950. The number of ether oxygens (including phenoxy) is 1. The summed E-state index contributed by atoms with van der Waals surface area (Å²) in [4.78, 5) is 14.7. The van der Waals surface area contributed by atoms with Gasteiger partial charge in [-0.25, -0.2) is 0 Å². The zero-order chi connectivity index (χ0) is 14.5. The molecule has 0 atom stereocenters. The normalized spacial score (nSPS) is 10.3. The largest absolute Gasteiger partial charge is 0.497 e. The summed E-state index contributed by atoms with van der Waals surface area (Å²) in [5, 5.41) is 2.93. The second-order valence-electron chi connectivity index (χ2n) is 4.25. The van der Waals surface area contributed by atoms with Crippen molar-refractivity contribution in [1.29, 1.82) is 0 Å². The summed E-state index contributed by atoms with van der Waals surface area (Å²) in [7, 11) is 1.59. The fraction of sp³-hybridized carbons (Fsp3) is 0.267. The third kappa shape index (κ3) is 3.61. The summed E-state index contributed by atoms with van der Waals surface area (Å²) >= 11 is 5.12. The number of aryl methyl sites for hydroxylation is 1. The van der Waals surface area contributed by atoms with E-state index < -0.39 is 0 Å². The maximum absolute atomic E-state index is 12.2. The van der Waals surface area contributed by atoms with Crippen molar-refractivity contribution >= 4 is 33.2 Å². The van der Waals surface area contributed by atoms with Crippen LogP contribution in [0.4, 0.5) is 0 Å². The van der Waals surface area contributed by atoms with Crippen molar-refractivity contribution in [2.75, 3.05) is 7.11 Å². The molecule has 5 heteroatoms. The van der Waals surface area contributed by atoms with E-state index in [1.807, 2.05) is 12.1 Å². The van der Waals surface area contributed by atoms with Crippen LogP contribution < -0.4 is 10.1 Å². The Labute approximate surface area is 131 Å². The second kappa shape index (κ2) is 6.90. The number of methoxy groups -OCH3 is 1. The number of hydrogen-bond donors (Lipinski definition) is 1. The zero-order valence-electron chi connectivity index (χ0n) is 11.4. The molecule has 3 nitrogen and oxygen atoms in total. The van der Waals surface area contributed by atoms with Gasteiger partial charge in [-0.05, 0) is 52.7 Å². The molecule has 2 aromatic rings. The third-order valence-electron chi connectivity index (χ3n) is 2.91. The Morgan fingerprint density at radius 3 is 2.70 bits per heavy atom. The third-order valence-corrected chi connectivity index (χ3v) is 4.83. The topological polar surface area (TPSA) is 38.3 Å². The van der Waals surface area contributed by atoms with Gasteiger partial charge in [-0.1, -0.05) is 6.92 Å². The summed E-state index contributed by atoms with van der Waals surface area (Å²) in [6.45, 7) is 2.68. The highest BCUT2D eigenvalue weighted by atomic mass is 79.9. The van der Waals surface area contributed by atoms with Crippen molar-refractivity contribution in [3.8, 4) is 5.75 Å². The highest BCUT2D eigenvalue weighted by Gasteiger charge is 2.11. The van der Waals surface area contributed by atoms with Gasteiger partial charge in [0.05, 0.1) is 19.2 Å². The number of benzene rings is 1. The van der Waals surface area contributed by atoms with Gasteiger partial charge >= 0.3 is 0 Å². The average molecular weight is 354 g/mol. The van der Waals surface area contributed by atoms with Crippen LogP contribution in [0, 0.1) is 0 Å². The number of hydrogen-bond acceptors (Lipinski definition) is 3. The molecule has 0 bridgehead atoms. The molecular formula is C15H16BrNO2S. The van der Waals surface area contributed by atoms with Crippen molar-refractivity contribution in [3.63, 3.8) is 0 Å². The van der Waals surface area contributed by atoms with E-state index in [9.17, 15) is 4.79 Å². The van der Waals surface area contributed by atoms with Gasteiger partial charge in [0.25, 0.3) is 5.91 Å². The Hall–Kier alpha value is -1.33. The van der Waals surface area contributed by atoms with E-state index in [1.54, 1.807) is 24.5 Å². The Kier molecular flexibility index (Phi) is 5.20. The number of rotatable bonds is 5. The SMILES string of the molecule is CCc1ccc(CNC(=O)c2cc(OC)ccc2Br)s1. The zero-order valence-corrected chi connectivity index (χ0v) is 13.8. The molecule has 0 aliphatic heterocycles. The Morgan fingerprint density at radius 1 is 1.30 bits per heavy atom. The number of thiophene rings is 1. The Morgan fingerprint density at radius 2 is 2.05 bits per heavy atom. The molecule has 1 aromatic heterocycles. The van der Waals surface area contributed by atoms with Gasteiger partial charge in [-0.15, -0.1) is 11.3 Å². The summed E-state index contributed by atoms with van der Waals surface area (Å²) in [5.74, 6) is 0.560. The monoisotopic (exact) mass is 353 g/mol. The predicted octanol–water partition coefficient (Wildman–Crippen LogP) is 4.01. The van der Waals surface area contributed by atoms with Crippen LogP contribution in [0.25, 0.3) is 0 Å². The fourth-order valence-corrected chi connectivity index (χ4v) is 3.10. The first-order valence-electron chi connectivity index (χ1n) is 6.33. The van der Waals surface area contributed by atoms with Gasteiger partial charge < -0.3 is 10.1 Å². The van der Waals surface area contributed by atoms with E-state index in [0.717, 1.165) is 15.8 Å². The molecule has 0 aliphatic carbocycles. The van der Waals surface area contributed by atoms with E-state index in [2.05, 4.69) is 40.3 Å². The molecule has 0 spiro atoms. The summed E-state index contributed by atoms with van der Waals surface area (Å²) in [5.41, 5.74) is 0.580. The smallest absolute Gasteiger partial charge is 0.252 e. The molecule has 106 valence electrons. The summed E-state index contributed by atoms with van der Waals surface area (Å²) in [6.07, 6.45) is 1.03. The van der Waals surface area contributed by atoms with Gasteiger partial charge in [0, 0.05) is 14.2 Å². The van der Waals surface area contributed by atoms with Crippen LogP contribution in [0.2, 0.25) is 0 Å². The number of halogens is 1. The minimum absolute atomic E-state index is 0.109. The van der Waals surface area contributed by atoms with Crippen molar-refractivity contribution in [2.45, 2.75) is 19.9 Å². The minimum atomic E-state index is -0.109. The van der Waals surface area contributed by atoms with Crippen LogP contribution >= 0.6 is 27.3 Å². The first-order chi connectivity index (χ1) is 9.63. The number of amides is 1. The van der Waals surface area contributed by atoms with E-state index >= 15 is 0 Å². The molecule has 0 saturated carbocycles. The Balaban J connectivity index is 2.04. The average Bonchev–Trinajstić information content (AvgIpc) is 2.93. The lowest BCUT2D eigenvalue weighted by Crippen LogP contribution is -2.22. The van der Waals surface area contributed by atoms with E-state index in [4.69, 9.17) is 4.74 Å². The first kappa shape index (κ1) is 15.1. The summed E-state index contributed by atoms with van der Waals surface area (Å²) in [6, 6.07) is 9.52. The minimum Gasteiger partial charge on any atom is -0.497 e. The van der Waals surface area contributed by atoms with Crippen molar-refractivity contribution in [2.24, 2.45) is 0 Å². The van der Waals surface area contributed by atoms with Crippen molar-refractivity contribution in [1.82, 2.24) is 5.32 Å². The van der Waals surface area contributed by atoms with Crippen LogP contribution in [0.1, 0.15) is 27.0 Å². The van der Waals surface area contributed by atoms with Crippen LogP contribution in [0.5, 0.6) is 5.75 Å². The molecule has 1 heterocycles. The number of carbonyl (C=O) groups excluding carboxylic acids is 1. The molecule has 1 N–H and O–H groups in total. The standard InChI is InChI=1S/C15H16BrNO2S/c1-3-11-5-6-12(20-11)9-17-15(18)13-8-10(19-2)4-7-14(13)16/h4-8H,3,9H2,1-2H3,(H,17,18). The van der Waals surface area contributed by atoms with E-state index in [0.29, 0.717) is 17.9 Å². The molecule has 0 saturated heterocycles. The van der Waals surface area contributed by atoms with Gasteiger partial charge in [-0.3, -0.25) is 4.79 Å². The lowest BCUT2D eigenvalue weighted by Gasteiger charge is -2.08. The van der Waals surface area contributed by atoms with Crippen LogP contribution in [-0.2, 0) is 13.0 Å². The number of nitrogens with one attached hydrogen (secondary N) is 1. The van der Waals surface area contributed by atoms with Gasteiger partial charge in [0.15, 0.2) is 0 Å². The second-order valence-corrected chi connectivity index (χ2v) is 6.36. The van der Waals surface area contributed by atoms with E-state index in [1.165, 1.54) is 4.88 Å². The molecule has 2 rings (SSSR count). The van der Waals surface area contributed by atoms with Gasteiger partial charge in [0.2, 0.25) is 0 Å². The predicted molar refractivity (Wildman–Crippen MR) is 85.6 cm³/mol. The van der Waals surface area contributed by atoms with E-state index in [-0.39, 0.29) is 5.91 Å². The lowest BCUT2D eigenvalue weighted by atomic mass is 10.2. The molecule has 0 aliphatic rings. The van der Waals surface area contributed by atoms with Gasteiger partial charge in [-0.2, -0.15) is 0 Å². The van der Waals surface area contributed by atoms with Gasteiger partial charge in [0.1, 0.15) is 5.75 Å². The molecular weight excluding hydrogens is 338 g/mol. The number of carbonyl (C=O) groups is 1. The molecule has 1 aromatic carbocycles. The van der Waals surface area contributed by atoms with Crippen molar-refractivity contribution in [3.05, 3.63) is 50.1 Å². The molecule has 1 amide bonds. The molecule has 0 radical (unpaired) electrons. The summed E-state index contributed by atoms with van der Waals surface area (Å²) < 4.78 is 5.90.